The molecule has 0 saturated carbocycles. The molecule has 5 nitrogen and oxygen atoms in total. The van der Waals surface area contributed by atoms with Crippen molar-refractivity contribution in [3.05, 3.63) is 21.9 Å². The zero-order valence-electron chi connectivity index (χ0n) is 11.1. The average Bonchev–Trinajstić information content (AvgIpc) is 2.84. The summed E-state index contributed by atoms with van der Waals surface area (Å²) in [4.78, 5) is 28.7. The Hall–Kier alpha value is -1.40. The van der Waals surface area contributed by atoms with Crippen LogP contribution in [-0.2, 0) is 4.79 Å². The van der Waals surface area contributed by atoms with E-state index in [2.05, 4.69) is 0 Å². The molecule has 1 aliphatic rings. The number of rotatable bonds is 3. The lowest BCUT2D eigenvalue weighted by molar-refractivity contribution is -0.143. The van der Waals surface area contributed by atoms with Crippen LogP contribution in [0, 0.1) is 6.92 Å². The van der Waals surface area contributed by atoms with E-state index < -0.39 is 12.0 Å². The summed E-state index contributed by atoms with van der Waals surface area (Å²) in [6.07, 6.45) is 0. The van der Waals surface area contributed by atoms with E-state index >= 15 is 0 Å². The van der Waals surface area contributed by atoms with Crippen molar-refractivity contribution in [2.45, 2.75) is 19.9 Å². The van der Waals surface area contributed by atoms with Gasteiger partial charge < -0.3 is 10.0 Å². The molecule has 19 heavy (non-hydrogen) atoms. The van der Waals surface area contributed by atoms with Crippen LogP contribution in [0.5, 0.6) is 0 Å². The van der Waals surface area contributed by atoms with Gasteiger partial charge in [-0.1, -0.05) is 0 Å². The zero-order valence-corrected chi connectivity index (χ0v) is 11.9. The van der Waals surface area contributed by atoms with Crippen molar-refractivity contribution in [3.63, 3.8) is 0 Å². The Labute approximate surface area is 116 Å². The Bertz CT molecular complexity index is 478. The van der Waals surface area contributed by atoms with Crippen LogP contribution in [0.2, 0.25) is 0 Å². The molecule has 0 radical (unpaired) electrons. The highest BCUT2D eigenvalue weighted by Gasteiger charge is 2.27. The molecule has 0 spiro atoms. The molecular weight excluding hydrogens is 264 g/mol. The molecule has 1 aliphatic heterocycles. The van der Waals surface area contributed by atoms with E-state index in [1.54, 1.807) is 11.8 Å². The van der Waals surface area contributed by atoms with Crippen LogP contribution in [0.25, 0.3) is 0 Å². The molecule has 0 bridgehead atoms. The van der Waals surface area contributed by atoms with Gasteiger partial charge in [0.1, 0.15) is 6.04 Å². The molecule has 1 amide bonds. The van der Waals surface area contributed by atoms with Crippen molar-refractivity contribution in [2.24, 2.45) is 0 Å². The molecule has 0 aromatic carbocycles. The van der Waals surface area contributed by atoms with Gasteiger partial charge in [0.2, 0.25) is 0 Å². The number of carbonyl (C=O) groups excluding carboxylic acids is 1. The normalized spacial score (nSPS) is 18.3. The third-order valence-electron chi connectivity index (χ3n) is 3.46. The van der Waals surface area contributed by atoms with E-state index in [0.717, 1.165) is 9.75 Å². The number of carboxylic acid groups (broad SMARTS) is 1. The zero-order chi connectivity index (χ0) is 14.0. The van der Waals surface area contributed by atoms with Crippen LogP contribution < -0.4 is 0 Å². The van der Waals surface area contributed by atoms with Gasteiger partial charge in [-0.15, -0.1) is 11.3 Å². The predicted molar refractivity (Wildman–Crippen MR) is 73.6 cm³/mol. The fourth-order valence-corrected chi connectivity index (χ4v) is 3.01. The summed E-state index contributed by atoms with van der Waals surface area (Å²) in [5.74, 6) is -0.755. The highest BCUT2D eigenvalue weighted by atomic mass is 32.1. The second-order valence-corrected chi connectivity index (χ2v) is 6.04. The number of carbonyl (C=O) groups is 2. The fraction of sp³-hybridized carbons (Fsp3) is 0.538. The number of aryl methyl sites for hydroxylation is 1. The molecule has 104 valence electrons. The van der Waals surface area contributed by atoms with E-state index in [1.165, 1.54) is 11.3 Å². The van der Waals surface area contributed by atoms with Gasteiger partial charge in [0.05, 0.1) is 4.88 Å². The minimum atomic E-state index is -0.811. The number of hydrogen-bond donors (Lipinski definition) is 1. The molecule has 1 N–H and O–H groups in total. The van der Waals surface area contributed by atoms with Gasteiger partial charge >= 0.3 is 5.97 Å². The SMILES string of the molecule is Cc1ccc(C(=O)N2CCN([C@@H](C)C(=O)O)CC2)s1. The second-order valence-electron chi connectivity index (χ2n) is 4.75. The first-order valence-electron chi connectivity index (χ1n) is 6.31. The second kappa shape index (κ2) is 5.71. The summed E-state index contributed by atoms with van der Waals surface area (Å²) >= 11 is 1.50. The van der Waals surface area contributed by atoms with Crippen molar-refractivity contribution < 1.29 is 14.7 Å². The average molecular weight is 282 g/mol. The fourth-order valence-electron chi connectivity index (χ4n) is 2.17. The number of hydrogen-bond acceptors (Lipinski definition) is 4. The van der Waals surface area contributed by atoms with Gasteiger partial charge in [0.15, 0.2) is 0 Å². The van der Waals surface area contributed by atoms with E-state index in [-0.39, 0.29) is 5.91 Å². The highest BCUT2D eigenvalue weighted by molar-refractivity contribution is 7.13. The minimum Gasteiger partial charge on any atom is -0.480 e. The number of piperazine rings is 1. The van der Waals surface area contributed by atoms with Gasteiger partial charge in [-0.2, -0.15) is 0 Å². The molecule has 2 rings (SSSR count). The molecule has 2 heterocycles. The van der Waals surface area contributed by atoms with Crippen LogP contribution in [0.4, 0.5) is 0 Å². The molecule has 1 aromatic rings. The molecule has 0 unspecified atom stereocenters. The van der Waals surface area contributed by atoms with E-state index in [4.69, 9.17) is 5.11 Å². The van der Waals surface area contributed by atoms with Crippen LogP contribution in [0.3, 0.4) is 0 Å². The first-order valence-corrected chi connectivity index (χ1v) is 7.13. The molecule has 6 heteroatoms. The van der Waals surface area contributed by atoms with Gasteiger partial charge in [-0.25, -0.2) is 0 Å². The third-order valence-corrected chi connectivity index (χ3v) is 4.45. The highest BCUT2D eigenvalue weighted by Crippen LogP contribution is 2.18. The lowest BCUT2D eigenvalue weighted by Gasteiger charge is -2.36. The van der Waals surface area contributed by atoms with Crippen LogP contribution in [0.15, 0.2) is 12.1 Å². The van der Waals surface area contributed by atoms with Crippen LogP contribution in [-0.4, -0.2) is 59.0 Å². The van der Waals surface area contributed by atoms with E-state index in [0.29, 0.717) is 26.2 Å². The summed E-state index contributed by atoms with van der Waals surface area (Å²) in [7, 11) is 0. The summed E-state index contributed by atoms with van der Waals surface area (Å²) in [5, 5.41) is 8.97. The molecular formula is C13H18N2O3S. The number of thiophene rings is 1. The van der Waals surface area contributed by atoms with Crippen LogP contribution in [0.1, 0.15) is 21.5 Å². The Morgan fingerprint density at radius 3 is 2.37 bits per heavy atom. The molecule has 1 saturated heterocycles. The van der Waals surface area contributed by atoms with Gasteiger partial charge in [-0.3, -0.25) is 14.5 Å². The topological polar surface area (TPSA) is 60.9 Å². The quantitative estimate of drug-likeness (QED) is 0.907. The first kappa shape index (κ1) is 14.0. The van der Waals surface area contributed by atoms with Gasteiger partial charge in [0, 0.05) is 31.1 Å². The molecule has 1 atom stereocenters. The lowest BCUT2D eigenvalue weighted by atomic mass is 10.2. The van der Waals surface area contributed by atoms with E-state index in [1.807, 2.05) is 24.0 Å². The smallest absolute Gasteiger partial charge is 0.320 e. The van der Waals surface area contributed by atoms with Crippen molar-refractivity contribution in [1.82, 2.24) is 9.80 Å². The number of amides is 1. The summed E-state index contributed by atoms with van der Waals surface area (Å²) in [6, 6.07) is 3.32. The van der Waals surface area contributed by atoms with Gasteiger partial charge in [0.25, 0.3) is 5.91 Å². The number of aliphatic carboxylic acids is 1. The maximum atomic E-state index is 12.2. The first-order chi connectivity index (χ1) is 8.99. The maximum absolute atomic E-state index is 12.2. The summed E-state index contributed by atoms with van der Waals surface area (Å²) in [6.45, 7) is 6.07. The Kier molecular flexibility index (Phi) is 4.21. The number of carboxylic acids is 1. The maximum Gasteiger partial charge on any atom is 0.320 e. The summed E-state index contributed by atoms with van der Waals surface area (Å²) in [5.41, 5.74) is 0. The monoisotopic (exact) mass is 282 g/mol. The van der Waals surface area contributed by atoms with Crippen molar-refractivity contribution in [2.75, 3.05) is 26.2 Å². The van der Waals surface area contributed by atoms with E-state index in [9.17, 15) is 9.59 Å². The molecule has 0 aliphatic carbocycles. The van der Waals surface area contributed by atoms with Gasteiger partial charge in [-0.05, 0) is 26.0 Å². The largest absolute Gasteiger partial charge is 0.480 e. The standard InChI is InChI=1S/C13H18N2O3S/c1-9-3-4-11(19-9)12(16)15-7-5-14(6-8-15)10(2)13(17)18/h3-4,10H,5-8H2,1-2H3,(H,17,18)/t10-/m0/s1. The Morgan fingerprint density at radius 1 is 1.26 bits per heavy atom. The lowest BCUT2D eigenvalue weighted by Crippen LogP contribution is -2.53. The van der Waals surface area contributed by atoms with Crippen molar-refractivity contribution in [1.29, 1.82) is 0 Å². The van der Waals surface area contributed by atoms with Crippen LogP contribution >= 0.6 is 11.3 Å². The third kappa shape index (κ3) is 3.13. The van der Waals surface area contributed by atoms with Crippen molar-refractivity contribution >= 4 is 23.2 Å². The predicted octanol–water partition coefficient (Wildman–Crippen LogP) is 1.29. The number of nitrogens with zero attached hydrogens (tertiary/aromatic N) is 2. The minimum absolute atomic E-state index is 0.0562. The van der Waals surface area contributed by atoms with Crippen molar-refractivity contribution in [3.8, 4) is 0 Å². The summed E-state index contributed by atoms with van der Waals surface area (Å²) < 4.78 is 0. The Morgan fingerprint density at radius 2 is 1.89 bits per heavy atom. The Balaban J connectivity index is 1.93. The molecule has 1 aromatic heterocycles. The molecule has 1 fully saturated rings.